The van der Waals surface area contributed by atoms with Gasteiger partial charge in [-0.25, -0.2) is 8.42 Å². The van der Waals surface area contributed by atoms with Crippen molar-refractivity contribution in [3.05, 3.63) is 52.0 Å². The van der Waals surface area contributed by atoms with E-state index in [0.717, 1.165) is 18.6 Å². The molecule has 2 N–H and O–H groups in total. The maximum atomic E-state index is 13.1. The largest absolute Gasteiger partial charge is 0.417 e. The number of anilines is 1. The highest BCUT2D eigenvalue weighted by Gasteiger charge is 2.34. The van der Waals surface area contributed by atoms with Crippen molar-refractivity contribution < 1.29 is 26.7 Å². The van der Waals surface area contributed by atoms with Gasteiger partial charge in [-0.3, -0.25) is 4.72 Å². The second-order valence-electron chi connectivity index (χ2n) is 6.59. The molecule has 0 aromatic heterocycles. The molecule has 0 saturated heterocycles. The van der Waals surface area contributed by atoms with Crippen molar-refractivity contribution in [2.75, 3.05) is 4.72 Å². The molecule has 1 aliphatic rings. The SMILES string of the molecule is O=S(=O)(Nc1cc(Cl)ccc1SC1CCC(O)C1)c1ccc(Cl)c(C(F)(F)F)c1. The molecule has 2 aromatic carbocycles. The average Bonchev–Trinajstić information content (AvgIpc) is 3.01. The van der Waals surface area contributed by atoms with Crippen LogP contribution in [0.3, 0.4) is 0 Å². The lowest BCUT2D eigenvalue weighted by Crippen LogP contribution is -2.15. The number of sulfonamides is 1. The van der Waals surface area contributed by atoms with Crippen LogP contribution in [0.1, 0.15) is 24.8 Å². The van der Waals surface area contributed by atoms with Crippen LogP contribution >= 0.6 is 35.0 Å². The van der Waals surface area contributed by atoms with Crippen molar-refractivity contribution in [2.45, 2.75) is 46.6 Å². The number of aliphatic hydroxyl groups excluding tert-OH is 1. The van der Waals surface area contributed by atoms with Gasteiger partial charge in [-0.1, -0.05) is 23.2 Å². The monoisotopic (exact) mass is 485 g/mol. The number of aliphatic hydroxyl groups is 1. The maximum absolute atomic E-state index is 13.1. The maximum Gasteiger partial charge on any atom is 0.417 e. The molecule has 1 fully saturated rings. The third-order valence-electron chi connectivity index (χ3n) is 4.39. The lowest BCUT2D eigenvalue weighted by Gasteiger charge is -2.16. The van der Waals surface area contributed by atoms with Gasteiger partial charge in [-0.05, 0) is 55.7 Å². The van der Waals surface area contributed by atoms with Crippen molar-refractivity contribution >= 4 is 50.7 Å². The Morgan fingerprint density at radius 3 is 2.45 bits per heavy atom. The van der Waals surface area contributed by atoms with Gasteiger partial charge in [0.15, 0.2) is 0 Å². The van der Waals surface area contributed by atoms with Gasteiger partial charge in [0.05, 0.1) is 27.3 Å². The van der Waals surface area contributed by atoms with Gasteiger partial charge < -0.3 is 5.11 Å². The minimum atomic E-state index is -4.79. The van der Waals surface area contributed by atoms with E-state index in [-0.39, 0.29) is 16.0 Å². The van der Waals surface area contributed by atoms with Crippen LogP contribution in [0.5, 0.6) is 0 Å². The molecule has 0 amide bonds. The zero-order chi connectivity index (χ0) is 21.4. The number of hydrogen-bond acceptors (Lipinski definition) is 4. The average molecular weight is 486 g/mol. The molecule has 0 bridgehead atoms. The quantitative estimate of drug-likeness (QED) is 0.559. The highest BCUT2D eigenvalue weighted by Crippen LogP contribution is 2.40. The van der Waals surface area contributed by atoms with Crippen LogP contribution in [0.4, 0.5) is 18.9 Å². The summed E-state index contributed by atoms with van der Waals surface area (Å²) in [7, 11) is -4.33. The van der Waals surface area contributed by atoms with Gasteiger partial charge in [0.2, 0.25) is 0 Å². The molecule has 1 aliphatic carbocycles. The molecular formula is C18H16Cl2F3NO3S2. The molecule has 4 nitrogen and oxygen atoms in total. The number of hydrogen-bond donors (Lipinski definition) is 2. The Hall–Kier alpha value is -1.13. The van der Waals surface area contributed by atoms with E-state index in [4.69, 9.17) is 23.2 Å². The molecule has 2 unspecified atom stereocenters. The fraction of sp³-hybridized carbons (Fsp3) is 0.333. The molecule has 2 atom stereocenters. The Morgan fingerprint density at radius 1 is 1.10 bits per heavy atom. The Balaban J connectivity index is 1.92. The first-order chi connectivity index (χ1) is 13.5. The summed E-state index contributed by atoms with van der Waals surface area (Å²) in [6.07, 6.45) is -3.17. The molecule has 0 heterocycles. The predicted molar refractivity (Wildman–Crippen MR) is 108 cm³/mol. The van der Waals surface area contributed by atoms with E-state index in [2.05, 4.69) is 4.72 Å². The third kappa shape index (κ3) is 5.52. The van der Waals surface area contributed by atoms with Crippen molar-refractivity contribution in [3.63, 3.8) is 0 Å². The summed E-state index contributed by atoms with van der Waals surface area (Å²) in [5.74, 6) is 0. The Morgan fingerprint density at radius 2 is 1.83 bits per heavy atom. The zero-order valence-corrected chi connectivity index (χ0v) is 17.9. The van der Waals surface area contributed by atoms with E-state index in [0.29, 0.717) is 23.8 Å². The second-order valence-corrected chi connectivity index (χ2v) is 10.5. The number of alkyl halides is 3. The zero-order valence-electron chi connectivity index (χ0n) is 14.7. The molecular weight excluding hydrogens is 470 g/mol. The summed E-state index contributed by atoms with van der Waals surface area (Å²) in [5, 5.41) is 9.47. The van der Waals surface area contributed by atoms with Crippen LogP contribution in [0.25, 0.3) is 0 Å². The van der Waals surface area contributed by atoms with E-state index in [9.17, 15) is 26.7 Å². The minimum Gasteiger partial charge on any atom is -0.393 e. The summed E-state index contributed by atoms with van der Waals surface area (Å²) < 4.78 is 67.0. The lowest BCUT2D eigenvalue weighted by molar-refractivity contribution is -0.137. The van der Waals surface area contributed by atoms with Gasteiger partial charge in [-0.2, -0.15) is 13.2 Å². The van der Waals surface area contributed by atoms with Gasteiger partial charge in [0.25, 0.3) is 10.0 Å². The second kappa shape index (κ2) is 8.55. The van der Waals surface area contributed by atoms with Crippen LogP contribution in [-0.4, -0.2) is 24.9 Å². The van der Waals surface area contributed by atoms with E-state index >= 15 is 0 Å². The Kier molecular flexibility index (Phi) is 6.65. The van der Waals surface area contributed by atoms with Gasteiger partial charge >= 0.3 is 6.18 Å². The van der Waals surface area contributed by atoms with Gasteiger partial charge in [-0.15, -0.1) is 11.8 Å². The normalized spacial score (nSPS) is 20.1. The van der Waals surface area contributed by atoms with Crippen molar-refractivity contribution in [2.24, 2.45) is 0 Å². The predicted octanol–water partition coefficient (Wildman–Crippen LogP) is 5.82. The van der Waals surface area contributed by atoms with Crippen molar-refractivity contribution in [1.29, 1.82) is 0 Å². The fourth-order valence-corrected chi connectivity index (χ4v) is 5.85. The van der Waals surface area contributed by atoms with Gasteiger partial charge in [0.1, 0.15) is 0 Å². The number of thioether (sulfide) groups is 1. The minimum absolute atomic E-state index is 0.0989. The fourth-order valence-electron chi connectivity index (χ4n) is 2.98. The van der Waals surface area contributed by atoms with E-state index in [1.54, 1.807) is 12.1 Å². The molecule has 0 radical (unpaired) electrons. The standard InChI is InChI=1S/C18H16Cl2F3NO3S2/c19-10-1-6-17(28-12-3-2-11(25)8-12)16(7-10)24-29(26,27)13-4-5-15(20)14(9-13)18(21,22)23/h1,4-7,9,11-12,24-25H,2-3,8H2. The third-order valence-corrected chi connectivity index (χ3v) is 7.69. The summed E-state index contributed by atoms with van der Waals surface area (Å²) in [5.41, 5.74) is -1.07. The molecule has 11 heteroatoms. The molecule has 29 heavy (non-hydrogen) atoms. The van der Waals surface area contributed by atoms with Crippen molar-refractivity contribution in [3.8, 4) is 0 Å². The highest BCUT2D eigenvalue weighted by molar-refractivity contribution is 8.00. The number of rotatable bonds is 5. The topological polar surface area (TPSA) is 66.4 Å². The van der Waals surface area contributed by atoms with Crippen LogP contribution in [0.15, 0.2) is 46.2 Å². The van der Waals surface area contributed by atoms with E-state index < -0.39 is 37.8 Å². The molecule has 2 aromatic rings. The summed E-state index contributed by atoms with van der Waals surface area (Å²) in [4.78, 5) is 0.00326. The molecule has 0 aliphatic heterocycles. The summed E-state index contributed by atoms with van der Waals surface area (Å²) in [6, 6.07) is 7.02. The van der Waals surface area contributed by atoms with E-state index in [1.165, 1.54) is 17.8 Å². The summed E-state index contributed by atoms with van der Waals surface area (Å²) >= 11 is 12.9. The smallest absolute Gasteiger partial charge is 0.393 e. The first-order valence-electron chi connectivity index (χ1n) is 8.49. The Bertz CT molecular complexity index is 1020. The molecule has 1 saturated carbocycles. The molecule has 0 spiro atoms. The first kappa shape index (κ1) is 22.6. The molecule has 3 rings (SSSR count). The number of nitrogens with one attached hydrogen (secondary N) is 1. The first-order valence-corrected chi connectivity index (χ1v) is 11.6. The van der Waals surface area contributed by atoms with Crippen LogP contribution in [0.2, 0.25) is 10.0 Å². The lowest BCUT2D eigenvalue weighted by atomic mass is 10.2. The van der Waals surface area contributed by atoms with Crippen LogP contribution in [0, 0.1) is 0 Å². The number of benzene rings is 2. The summed E-state index contributed by atoms with van der Waals surface area (Å²) in [6.45, 7) is 0. The highest BCUT2D eigenvalue weighted by atomic mass is 35.5. The Labute approximate surface area is 180 Å². The van der Waals surface area contributed by atoms with E-state index in [1.807, 2.05) is 0 Å². The van der Waals surface area contributed by atoms with Crippen LogP contribution in [-0.2, 0) is 16.2 Å². The van der Waals surface area contributed by atoms with Crippen molar-refractivity contribution in [1.82, 2.24) is 0 Å². The van der Waals surface area contributed by atoms with Crippen LogP contribution < -0.4 is 4.72 Å². The molecule has 158 valence electrons. The number of halogens is 5. The van der Waals surface area contributed by atoms with Gasteiger partial charge in [0, 0.05) is 15.2 Å².